The van der Waals surface area contributed by atoms with Crippen LogP contribution in [0.2, 0.25) is 0 Å². The van der Waals surface area contributed by atoms with E-state index in [9.17, 15) is 4.79 Å². The molecular weight excluding hydrogens is 517 g/mol. The lowest BCUT2D eigenvalue weighted by molar-refractivity contribution is -0.124. The van der Waals surface area contributed by atoms with Crippen molar-refractivity contribution in [3.63, 3.8) is 0 Å². The van der Waals surface area contributed by atoms with Crippen molar-refractivity contribution in [2.24, 2.45) is 4.99 Å². The lowest BCUT2D eigenvalue weighted by Gasteiger charge is -2.30. The van der Waals surface area contributed by atoms with Gasteiger partial charge in [0.2, 0.25) is 0 Å². The Morgan fingerprint density at radius 2 is 1.97 bits per heavy atom. The van der Waals surface area contributed by atoms with Crippen molar-refractivity contribution in [3.05, 3.63) is 29.8 Å². The molecule has 1 aromatic rings. The van der Waals surface area contributed by atoms with Crippen LogP contribution in [0.1, 0.15) is 59.4 Å². The largest absolute Gasteiger partial charge is 0.368 e. The molecule has 2 rings (SSSR count). The van der Waals surface area contributed by atoms with E-state index in [1.165, 1.54) is 0 Å². The molecule has 0 aromatic heterocycles. The number of benzene rings is 1. The van der Waals surface area contributed by atoms with Gasteiger partial charge in [-0.2, -0.15) is 0 Å². The van der Waals surface area contributed by atoms with Crippen LogP contribution in [-0.2, 0) is 16.1 Å². The summed E-state index contributed by atoms with van der Waals surface area (Å²) in [5, 5.41) is 9.70. The van der Waals surface area contributed by atoms with E-state index in [0.29, 0.717) is 25.2 Å². The Kier molecular flexibility index (Phi) is 13.8. The third-order valence-corrected chi connectivity index (χ3v) is 5.39. The molecule has 0 saturated carbocycles. The van der Waals surface area contributed by atoms with Gasteiger partial charge in [-0.25, -0.2) is 4.99 Å². The zero-order valence-electron chi connectivity index (χ0n) is 20.3. The Bertz CT molecular complexity index is 697. The van der Waals surface area contributed by atoms with Gasteiger partial charge in [0.1, 0.15) is 6.10 Å². The van der Waals surface area contributed by atoms with Crippen molar-refractivity contribution >= 4 is 41.5 Å². The number of carbonyl (C=O) groups is 1. The Hall–Kier alpha value is -1.39. The molecule has 1 saturated heterocycles. The predicted octanol–water partition coefficient (Wildman–Crippen LogP) is 3.99. The summed E-state index contributed by atoms with van der Waals surface area (Å²) in [6, 6.07) is 8.95. The molecule has 1 heterocycles. The van der Waals surface area contributed by atoms with E-state index in [2.05, 4.69) is 55.5 Å². The Morgan fingerprint density at radius 3 is 2.59 bits per heavy atom. The van der Waals surface area contributed by atoms with E-state index in [0.717, 1.165) is 56.1 Å². The highest BCUT2D eigenvalue weighted by atomic mass is 127. The summed E-state index contributed by atoms with van der Waals surface area (Å²) in [4.78, 5) is 19.5. The van der Waals surface area contributed by atoms with Crippen LogP contribution in [0.3, 0.4) is 0 Å². The fraction of sp³-hybridized carbons (Fsp3) is 0.667. The maximum Gasteiger partial charge on any atom is 0.253 e. The molecule has 7 nitrogen and oxygen atoms in total. The van der Waals surface area contributed by atoms with Gasteiger partial charge in [-0.3, -0.25) is 9.69 Å². The molecule has 1 aliphatic rings. The van der Waals surface area contributed by atoms with E-state index in [4.69, 9.17) is 9.73 Å². The molecule has 0 bridgehead atoms. The first-order valence-corrected chi connectivity index (χ1v) is 11.7. The van der Waals surface area contributed by atoms with Crippen LogP contribution in [-0.4, -0.2) is 61.2 Å². The molecule has 0 aliphatic carbocycles. The zero-order valence-corrected chi connectivity index (χ0v) is 22.6. The maximum absolute atomic E-state index is 12.3. The minimum absolute atomic E-state index is 0. The maximum atomic E-state index is 12.3. The average Bonchev–Trinajstić information content (AvgIpc) is 3.26. The van der Waals surface area contributed by atoms with Crippen molar-refractivity contribution in [1.82, 2.24) is 15.5 Å². The number of amides is 1. The van der Waals surface area contributed by atoms with Crippen LogP contribution in [0.15, 0.2) is 29.3 Å². The van der Waals surface area contributed by atoms with Gasteiger partial charge in [-0.1, -0.05) is 12.1 Å². The average molecular weight is 560 g/mol. The molecular formula is C24H42IN5O2. The molecule has 1 aliphatic heterocycles. The molecule has 3 N–H and O–H groups in total. The predicted molar refractivity (Wildman–Crippen MR) is 144 cm³/mol. The number of aliphatic imine (C=N–C) groups is 1. The number of hydrogen-bond acceptors (Lipinski definition) is 4. The van der Waals surface area contributed by atoms with Crippen LogP contribution in [0.25, 0.3) is 0 Å². The van der Waals surface area contributed by atoms with Gasteiger partial charge in [0.25, 0.3) is 5.91 Å². The lowest BCUT2D eigenvalue weighted by Crippen LogP contribution is -2.41. The summed E-state index contributed by atoms with van der Waals surface area (Å²) >= 11 is 0. The molecule has 1 aromatic carbocycles. The van der Waals surface area contributed by atoms with Crippen LogP contribution >= 0.6 is 24.0 Å². The monoisotopic (exact) mass is 559 g/mol. The van der Waals surface area contributed by atoms with Crippen molar-refractivity contribution in [2.45, 2.75) is 78.6 Å². The van der Waals surface area contributed by atoms with Gasteiger partial charge in [-0.15, -0.1) is 24.0 Å². The molecule has 1 unspecified atom stereocenters. The minimum Gasteiger partial charge on any atom is -0.368 e. The first-order chi connectivity index (χ1) is 14.9. The highest BCUT2D eigenvalue weighted by Crippen LogP contribution is 2.16. The third kappa shape index (κ3) is 10.0. The number of nitrogens with zero attached hydrogens (tertiary/aromatic N) is 2. The van der Waals surface area contributed by atoms with Crippen LogP contribution in [0, 0.1) is 0 Å². The summed E-state index contributed by atoms with van der Waals surface area (Å²) in [6.45, 7) is 15.0. The molecule has 1 fully saturated rings. The second kappa shape index (κ2) is 15.4. The fourth-order valence-corrected chi connectivity index (χ4v) is 3.85. The molecule has 8 heteroatoms. The summed E-state index contributed by atoms with van der Waals surface area (Å²) in [7, 11) is 0. The van der Waals surface area contributed by atoms with E-state index in [1.54, 1.807) is 0 Å². The van der Waals surface area contributed by atoms with E-state index < -0.39 is 0 Å². The normalized spacial score (nSPS) is 16.4. The fourth-order valence-electron chi connectivity index (χ4n) is 3.85. The second-order valence-corrected chi connectivity index (χ2v) is 8.59. The highest BCUT2D eigenvalue weighted by molar-refractivity contribution is 14.0. The molecule has 182 valence electrons. The first kappa shape index (κ1) is 28.6. The highest BCUT2D eigenvalue weighted by Gasteiger charge is 2.23. The summed E-state index contributed by atoms with van der Waals surface area (Å²) in [5.74, 6) is 0.752. The number of nitrogens with one attached hydrogen (secondary N) is 3. The number of carbonyl (C=O) groups excluding carboxylic acids is 1. The van der Waals surface area contributed by atoms with Gasteiger partial charge in [0.15, 0.2) is 5.96 Å². The van der Waals surface area contributed by atoms with Gasteiger partial charge < -0.3 is 20.7 Å². The van der Waals surface area contributed by atoms with Gasteiger partial charge >= 0.3 is 0 Å². The van der Waals surface area contributed by atoms with E-state index >= 15 is 0 Å². The number of rotatable bonds is 11. The zero-order chi connectivity index (χ0) is 22.6. The Balaban J connectivity index is 0.00000512. The van der Waals surface area contributed by atoms with Crippen molar-refractivity contribution in [1.29, 1.82) is 0 Å². The van der Waals surface area contributed by atoms with Crippen molar-refractivity contribution in [2.75, 3.05) is 31.6 Å². The second-order valence-electron chi connectivity index (χ2n) is 8.59. The van der Waals surface area contributed by atoms with Gasteiger partial charge in [0, 0.05) is 44.0 Å². The first-order valence-electron chi connectivity index (χ1n) is 11.7. The van der Waals surface area contributed by atoms with Crippen molar-refractivity contribution in [3.8, 4) is 0 Å². The Morgan fingerprint density at radius 1 is 1.22 bits per heavy atom. The van der Waals surface area contributed by atoms with Crippen LogP contribution < -0.4 is 16.0 Å². The topological polar surface area (TPSA) is 78.0 Å². The SMILES string of the molecule is CCNC(=NCc1cccc(NC(=O)C2CCCO2)c1)NCCCN(C(C)C)C(C)C.I. The summed E-state index contributed by atoms with van der Waals surface area (Å²) in [6.07, 6.45) is 2.47. The van der Waals surface area contributed by atoms with Crippen LogP contribution in [0.5, 0.6) is 0 Å². The van der Waals surface area contributed by atoms with Crippen molar-refractivity contribution < 1.29 is 9.53 Å². The van der Waals surface area contributed by atoms with E-state index in [-0.39, 0.29) is 36.0 Å². The van der Waals surface area contributed by atoms with Gasteiger partial charge in [-0.05, 0) is 71.6 Å². The number of hydrogen-bond donors (Lipinski definition) is 3. The molecule has 1 atom stereocenters. The summed E-state index contributed by atoms with van der Waals surface area (Å²) < 4.78 is 5.46. The lowest BCUT2D eigenvalue weighted by atomic mass is 10.2. The Labute approximate surface area is 211 Å². The third-order valence-electron chi connectivity index (χ3n) is 5.39. The van der Waals surface area contributed by atoms with Crippen LogP contribution in [0.4, 0.5) is 5.69 Å². The molecule has 32 heavy (non-hydrogen) atoms. The number of ether oxygens (including phenoxy) is 1. The van der Waals surface area contributed by atoms with E-state index in [1.807, 2.05) is 24.3 Å². The molecule has 0 spiro atoms. The molecule has 1 amide bonds. The summed E-state index contributed by atoms with van der Waals surface area (Å²) in [5.41, 5.74) is 1.83. The number of halogens is 1. The van der Waals surface area contributed by atoms with Gasteiger partial charge in [0.05, 0.1) is 6.54 Å². The minimum atomic E-state index is -0.325. The molecule has 0 radical (unpaired) electrons. The standard InChI is InChI=1S/C24H41N5O2.HI/c1-6-25-24(26-13-9-14-29(18(2)3)19(4)5)27-17-20-10-7-11-21(16-20)28-23(30)22-12-8-15-31-22;/h7,10-11,16,18-19,22H,6,8-9,12-15,17H2,1-5H3,(H,28,30)(H2,25,26,27);1H. The smallest absolute Gasteiger partial charge is 0.253 e. The quantitative estimate of drug-likeness (QED) is 0.166. The number of guanidine groups is 1. The number of anilines is 1.